The Hall–Kier alpha value is -2.09. The van der Waals surface area contributed by atoms with Crippen LogP contribution in [-0.4, -0.2) is 30.6 Å². The van der Waals surface area contributed by atoms with Gasteiger partial charge in [0.25, 0.3) is 5.91 Å². The number of halogens is 2. The molecule has 0 saturated heterocycles. The third kappa shape index (κ3) is 5.07. The van der Waals surface area contributed by atoms with Gasteiger partial charge < -0.3 is 10.1 Å². The number of hydrogen-bond acceptors (Lipinski definition) is 4. The van der Waals surface area contributed by atoms with Crippen LogP contribution < -0.4 is 5.32 Å². The van der Waals surface area contributed by atoms with Gasteiger partial charge in [-0.05, 0) is 18.9 Å². The second-order valence-electron chi connectivity index (χ2n) is 4.26. The minimum Gasteiger partial charge on any atom is -0.381 e. The van der Waals surface area contributed by atoms with Crippen LogP contribution in [0.15, 0.2) is 12.1 Å². The van der Waals surface area contributed by atoms with Crippen molar-refractivity contribution < 1.29 is 23.2 Å². The number of nitro groups is 1. The quantitative estimate of drug-likeness (QED) is 0.454. The maximum Gasteiger partial charge on any atom is 0.307 e. The number of nitrogens with one attached hydrogen (secondary N) is 1. The van der Waals surface area contributed by atoms with Crippen molar-refractivity contribution in [2.24, 2.45) is 0 Å². The minimum absolute atomic E-state index is 0.237. The predicted octanol–water partition coefficient (Wildman–Crippen LogP) is 2.42. The molecule has 0 unspecified atom stereocenters. The Morgan fingerprint density at radius 1 is 1.33 bits per heavy atom. The van der Waals surface area contributed by atoms with Crippen LogP contribution in [0.25, 0.3) is 0 Å². The highest BCUT2D eigenvalue weighted by atomic mass is 19.1. The van der Waals surface area contributed by atoms with E-state index in [4.69, 9.17) is 4.74 Å². The average Bonchev–Trinajstić information content (AvgIpc) is 2.44. The second kappa shape index (κ2) is 8.25. The third-order valence-corrected chi connectivity index (χ3v) is 2.58. The van der Waals surface area contributed by atoms with Crippen molar-refractivity contribution in [2.75, 3.05) is 19.8 Å². The fourth-order valence-corrected chi connectivity index (χ4v) is 1.57. The zero-order valence-corrected chi connectivity index (χ0v) is 11.5. The van der Waals surface area contributed by atoms with Gasteiger partial charge in [-0.25, -0.2) is 4.39 Å². The molecule has 0 heterocycles. The molecule has 0 bridgehead atoms. The Morgan fingerprint density at radius 3 is 2.67 bits per heavy atom. The maximum atomic E-state index is 13.6. The number of benzene rings is 1. The molecule has 0 aliphatic rings. The Balaban J connectivity index is 2.58. The number of hydrogen-bond donors (Lipinski definition) is 1. The van der Waals surface area contributed by atoms with Gasteiger partial charge in [0.1, 0.15) is 5.82 Å². The highest BCUT2D eigenvalue weighted by Crippen LogP contribution is 2.21. The molecule has 6 nitrogen and oxygen atoms in total. The molecule has 0 aromatic heterocycles. The zero-order chi connectivity index (χ0) is 15.8. The van der Waals surface area contributed by atoms with Crippen molar-refractivity contribution in [3.8, 4) is 0 Å². The van der Waals surface area contributed by atoms with Gasteiger partial charge in [0.15, 0.2) is 0 Å². The lowest BCUT2D eigenvalue weighted by Crippen LogP contribution is -2.26. The van der Waals surface area contributed by atoms with Crippen molar-refractivity contribution in [3.63, 3.8) is 0 Å². The molecule has 1 rings (SSSR count). The van der Waals surface area contributed by atoms with Crippen LogP contribution in [0.4, 0.5) is 14.5 Å². The van der Waals surface area contributed by atoms with Crippen LogP contribution in [0.1, 0.15) is 30.1 Å². The fraction of sp³-hybridized carbons (Fsp3) is 0.462. The molecule has 0 aliphatic heterocycles. The Labute approximate surface area is 120 Å². The van der Waals surface area contributed by atoms with E-state index in [0.717, 1.165) is 6.42 Å². The molecule has 21 heavy (non-hydrogen) atoms. The van der Waals surface area contributed by atoms with Gasteiger partial charge in [0.05, 0.1) is 16.6 Å². The Kier molecular flexibility index (Phi) is 6.67. The largest absolute Gasteiger partial charge is 0.381 e. The lowest BCUT2D eigenvalue weighted by molar-refractivity contribution is -0.387. The van der Waals surface area contributed by atoms with Crippen LogP contribution in [0, 0.1) is 21.7 Å². The van der Waals surface area contributed by atoms with E-state index in [2.05, 4.69) is 5.32 Å². The van der Waals surface area contributed by atoms with Gasteiger partial charge in [-0.15, -0.1) is 0 Å². The predicted molar refractivity (Wildman–Crippen MR) is 71.1 cm³/mol. The third-order valence-electron chi connectivity index (χ3n) is 2.58. The van der Waals surface area contributed by atoms with E-state index in [0.29, 0.717) is 31.8 Å². The Morgan fingerprint density at radius 2 is 2.05 bits per heavy atom. The van der Waals surface area contributed by atoms with E-state index in [1.54, 1.807) is 0 Å². The fourth-order valence-electron chi connectivity index (χ4n) is 1.57. The maximum absolute atomic E-state index is 13.6. The number of carbonyl (C=O) groups excluding carboxylic acids is 1. The summed E-state index contributed by atoms with van der Waals surface area (Å²) >= 11 is 0. The van der Waals surface area contributed by atoms with Gasteiger partial charge in [-0.1, -0.05) is 6.92 Å². The standard InChI is InChI=1S/C13H16F2N2O4/c1-2-5-21-6-3-4-16-13(18)9-7-11(15)12(17(19)20)8-10(9)14/h7-8H,2-6H2,1H3,(H,16,18). The number of nitrogens with zero attached hydrogens (tertiary/aromatic N) is 1. The van der Waals surface area contributed by atoms with Crippen LogP contribution in [0.3, 0.4) is 0 Å². The van der Waals surface area contributed by atoms with E-state index in [-0.39, 0.29) is 6.54 Å². The molecule has 0 fully saturated rings. The van der Waals surface area contributed by atoms with E-state index in [1.165, 1.54) is 0 Å². The molecule has 0 radical (unpaired) electrons. The highest BCUT2D eigenvalue weighted by Gasteiger charge is 2.21. The van der Waals surface area contributed by atoms with Crippen molar-refractivity contribution in [1.29, 1.82) is 0 Å². The normalized spacial score (nSPS) is 10.4. The minimum atomic E-state index is -1.25. The van der Waals surface area contributed by atoms with E-state index >= 15 is 0 Å². The summed E-state index contributed by atoms with van der Waals surface area (Å²) in [6.45, 7) is 3.27. The van der Waals surface area contributed by atoms with Crippen LogP contribution >= 0.6 is 0 Å². The highest BCUT2D eigenvalue weighted by molar-refractivity contribution is 5.94. The van der Waals surface area contributed by atoms with Crippen LogP contribution in [0.5, 0.6) is 0 Å². The zero-order valence-electron chi connectivity index (χ0n) is 11.5. The topological polar surface area (TPSA) is 81.5 Å². The summed E-state index contributed by atoms with van der Waals surface area (Å²) in [6.07, 6.45) is 1.42. The van der Waals surface area contributed by atoms with Crippen molar-refractivity contribution in [1.82, 2.24) is 5.32 Å². The van der Waals surface area contributed by atoms with Crippen molar-refractivity contribution in [2.45, 2.75) is 19.8 Å². The summed E-state index contributed by atoms with van der Waals surface area (Å²) in [7, 11) is 0. The first-order valence-corrected chi connectivity index (χ1v) is 6.46. The van der Waals surface area contributed by atoms with Gasteiger partial charge in [-0.2, -0.15) is 4.39 Å². The van der Waals surface area contributed by atoms with E-state index in [9.17, 15) is 23.7 Å². The summed E-state index contributed by atoms with van der Waals surface area (Å²) in [5.74, 6) is -3.21. The molecule has 0 atom stereocenters. The first-order chi connectivity index (χ1) is 9.97. The molecular weight excluding hydrogens is 286 g/mol. The van der Waals surface area contributed by atoms with Gasteiger partial charge >= 0.3 is 5.69 Å². The molecule has 0 aliphatic carbocycles. The average molecular weight is 302 g/mol. The summed E-state index contributed by atoms with van der Waals surface area (Å²) in [6, 6.07) is 0.922. The van der Waals surface area contributed by atoms with Gasteiger partial charge in [-0.3, -0.25) is 14.9 Å². The van der Waals surface area contributed by atoms with Crippen LogP contribution in [0.2, 0.25) is 0 Å². The van der Waals surface area contributed by atoms with Gasteiger partial charge in [0, 0.05) is 19.8 Å². The monoisotopic (exact) mass is 302 g/mol. The Bertz CT molecular complexity index is 523. The summed E-state index contributed by atoms with van der Waals surface area (Å²) in [4.78, 5) is 21.0. The number of ether oxygens (including phenoxy) is 1. The molecule has 8 heteroatoms. The van der Waals surface area contributed by atoms with E-state index < -0.39 is 33.7 Å². The molecule has 116 valence electrons. The molecular formula is C13H16F2N2O4. The van der Waals surface area contributed by atoms with Crippen molar-refractivity contribution >= 4 is 11.6 Å². The second-order valence-corrected chi connectivity index (χ2v) is 4.26. The van der Waals surface area contributed by atoms with Crippen LogP contribution in [-0.2, 0) is 4.74 Å². The summed E-state index contributed by atoms with van der Waals surface area (Å²) < 4.78 is 32.1. The lowest BCUT2D eigenvalue weighted by Gasteiger charge is -2.07. The number of amides is 1. The SMILES string of the molecule is CCCOCCCNC(=O)c1cc(F)c([N+](=O)[O-])cc1F. The molecule has 0 saturated carbocycles. The number of carbonyl (C=O) groups is 1. The van der Waals surface area contributed by atoms with Crippen molar-refractivity contribution in [3.05, 3.63) is 39.4 Å². The molecule has 1 N–H and O–H groups in total. The molecule has 1 aromatic rings. The number of rotatable bonds is 8. The molecule has 0 spiro atoms. The lowest BCUT2D eigenvalue weighted by atomic mass is 10.1. The first kappa shape index (κ1) is 17.0. The number of nitro benzene ring substituents is 1. The molecule has 1 aromatic carbocycles. The van der Waals surface area contributed by atoms with E-state index in [1.807, 2.05) is 6.92 Å². The summed E-state index contributed by atoms with van der Waals surface area (Å²) in [5, 5.41) is 12.8. The molecule has 1 amide bonds. The van der Waals surface area contributed by atoms with Gasteiger partial charge in [0.2, 0.25) is 5.82 Å². The smallest absolute Gasteiger partial charge is 0.307 e. The summed E-state index contributed by atoms with van der Waals surface area (Å²) in [5.41, 5.74) is -1.57. The first-order valence-electron chi connectivity index (χ1n) is 6.46.